The van der Waals surface area contributed by atoms with Gasteiger partial charge in [-0.05, 0) is 6.42 Å². The Morgan fingerprint density at radius 3 is 3.11 bits per heavy atom. The second kappa shape index (κ2) is 5.81. The minimum Gasteiger partial charge on any atom is -0.354 e. The molecule has 0 fully saturated rings. The fraction of sp³-hybridized carbons (Fsp3) is 0.727. The Balaban J connectivity index is 1.99. The van der Waals surface area contributed by atoms with Crippen molar-refractivity contribution in [2.75, 3.05) is 13.1 Å². The lowest BCUT2D eigenvalue weighted by atomic mass is 10.3. The molecule has 18 heavy (non-hydrogen) atoms. The van der Waals surface area contributed by atoms with Crippen LogP contribution in [0.5, 0.6) is 0 Å². The summed E-state index contributed by atoms with van der Waals surface area (Å²) < 4.78 is 2.86. The van der Waals surface area contributed by atoms with Gasteiger partial charge in [0, 0.05) is 19.6 Å². The molecule has 0 radical (unpaired) electrons. The molecule has 0 saturated heterocycles. The second-order valence-corrected chi connectivity index (χ2v) is 4.39. The Labute approximate surface area is 105 Å². The Morgan fingerprint density at radius 2 is 2.39 bits per heavy atom. The molecule has 0 bridgehead atoms. The molecule has 2 N–H and O–H groups in total. The Bertz CT molecular complexity index is 476. The summed E-state index contributed by atoms with van der Waals surface area (Å²) in [4.78, 5) is 23.6. The van der Waals surface area contributed by atoms with E-state index in [9.17, 15) is 9.59 Å². The van der Waals surface area contributed by atoms with Crippen molar-refractivity contribution >= 4 is 5.91 Å². The van der Waals surface area contributed by atoms with E-state index in [1.54, 1.807) is 4.57 Å². The molecule has 0 aromatic carbocycles. The fourth-order valence-corrected chi connectivity index (χ4v) is 1.93. The van der Waals surface area contributed by atoms with Gasteiger partial charge < -0.3 is 10.6 Å². The molecule has 1 aliphatic heterocycles. The molecule has 0 unspecified atom stereocenters. The normalized spacial score (nSPS) is 14.3. The largest absolute Gasteiger partial charge is 0.354 e. The average molecular weight is 253 g/mol. The van der Waals surface area contributed by atoms with E-state index in [1.807, 2.05) is 0 Å². The predicted octanol–water partition coefficient (Wildman–Crippen LogP) is -0.936. The van der Waals surface area contributed by atoms with Gasteiger partial charge in [0.15, 0.2) is 0 Å². The molecule has 0 atom stereocenters. The fourth-order valence-electron chi connectivity index (χ4n) is 1.93. The Hall–Kier alpha value is -1.63. The standard InChI is InChI=1S/C11H19N5O2/c1-2-3-4-13-10(17)8-16-11(18)15-6-5-12-7-9(15)14-16/h12H,2-8H2,1H3,(H,13,17). The summed E-state index contributed by atoms with van der Waals surface area (Å²) in [5.41, 5.74) is -0.197. The summed E-state index contributed by atoms with van der Waals surface area (Å²) in [5, 5.41) is 10.1. The van der Waals surface area contributed by atoms with Gasteiger partial charge in [0.05, 0.1) is 6.54 Å². The van der Waals surface area contributed by atoms with Gasteiger partial charge in [0.1, 0.15) is 12.4 Å². The average Bonchev–Trinajstić information content (AvgIpc) is 2.67. The van der Waals surface area contributed by atoms with Crippen LogP contribution in [0.1, 0.15) is 25.6 Å². The summed E-state index contributed by atoms with van der Waals surface area (Å²) in [6.07, 6.45) is 1.98. The maximum absolute atomic E-state index is 11.9. The lowest BCUT2D eigenvalue weighted by Crippen LogP contribution is -2.36. The van der Waals surface area contributed by atoms with E-state index in [0.717, 1.165) is 19.4 Å². The van der Waals surface area contributed by atoms with E-state index in [4.69, 9.17) is 0 Å². The minimum atomic E-state index is -0.197. The zero-order valence-electron chi connectivity index (χ0n) is 10.6. The number of hydrogen-bond donors (Lipinski definition) is 2. The number of hydrogen-bond acceptors (Lipinski definition) is 4. The molecule has 1 aromatic heterocycles. The van der Waals surface area contributed by atoms with E-state index >= 15 is 0 Å². The summed E-state index contributed by atoms with van der Waals surface area (Å²) in [6, 6.07) is 0. The maximum atomic E-state index is 11.9. The van der Waals surface area contributed by atoms with Gasteiger partial charge in [0.25, 0.3) is 0 Å². The van der Waals surface area contributed by atoms with Crippen molar-refractivity contribution < 1.29 is 4.79 Å². The molecule has 0 aliphatic carbocycles. The van der Waals surface area contributed by atoms with Crippen LogP contribution in [0.3, 0.4) is 0 Å². The number of unbranched alkanes of at least 4 members (excludes halogenated alkanes) is 1. The van der Waals surface area contributed by atoms with Gasteiger partial charge >= 0.3 is 5.69 Å². The van der Waals surface area contributed by atoms with Gasteiger partial charge in [-0.2, -0.15) is 5.10 Å². The van der Waals surface area contributed by atoms with Crippen molar-refractivity contribution in [1.82, 2.24) is 25.0 Å². The minimum absolute atomic E-state index is 0.00253. The van der Waals surface area contributed by atoms with Gasteiger partial charge in [-0.15, -0.1) is 0 Å². The lowest BCUT2D eigenvalue weighted by molar-refractivity contribution is -0.121. The van der Waals surface area contributed by atoms with Crippen molar-refractivity contribution in [3.8, 4) is 0 Å². The van der Waals surface area contributed by atoms with Gasteiger partial charge in [-0.25, -0.2) is 9.48 Å². The molecular weight excluding hydrogens is 234 g/mol. The number of carbonyl (C=O) groups is 1. The molecule has 1 aliphatic rings. The third-order valence-corrected chi connectivity index (χ3v) is 2.94. The molecule has 7 heteroatoms. The third-order valence-electron chi connectivity index (χ3n) is 2.94. The summed E-state index contributed by atoms with van der Waals surface area (Å²) in [6.45, 7) is 4.68. The highest BCUT2D eigenvalue weighted by atomic mass is 16.2. The monoisotopic (exact) mass is 253 g/mol. The second-order valence-electron chi connectivity index (χ2n) is 4.39. The van der Waals surface area contributed by atoms with E-state index in [2.05, 4.69) is 22.7 Å². The van der Waals surface area contributed by atoms with Gasteiger partial charge in [0.2, 0.25) is 5.91 Å². The number of amides is 1. The summed E-state index contributed by atoms with van der Waals surface area (Å²) >= 11 is 0. The molecule has 0 saturated carbocycles. The molecule has 100 valence electrons. The van der Waals surface area contributed by atoms with Crippen molar-refractivity contribution in [3.05, 3.63) is 16.3 Å². The smallest absolute Gasteiger partial charge is 0.346 e. The van der Waals surface area contributed by atoms with Crippen LogP contribution < -0.4 is 16.3 Å². The zero-order chi connectivity index (χ0) is 13.0. The topological polar surface area (TPSA) is 81.0 Å². The number of nitrogens with zero attached hydrogens (tertiary/aromatic N) is 3. The van der Waals surface area contributed by atoms with Crippen LogP contribution >= 0.6 is 0 Å². The van der Waals surface area contributed by atoms with Gasteiger partial charge in [-0.1, -0.05) is 13.3 Å². The first kappa shape index (κ1) is 12.8. The van der Waals surface area contributed by atoms with Crippen molar-refractivity contribution in [1.29, 1.82) is 0 Å². The summed E-state index contributed by atoms with van der Waals surface area (Å²) in [5.74, 6) is 0.543. The first-order valence-corrected chi connectivity index (χ1v) is 6.36. The molecule has 1 amide bonds. The van der Waals surface area contributed by atoms with Crippen LogP contribution in [-0.4, -0.2) is 33.3 Å². The van der Waals surface area contributed by atoms with Crippen LogP contribution in [-0.2, 0) is 24.4 Å². The Kier molecular flexibility index (Phi) is 4.14. The highest BCUT2D eigenvalue weighted by Crippen LogP contribution is 1.97. The van der Waals surface area contributed by atoms with Crippen LogP contribution in [0.2, 0.25) is 0 Å². The van der Waals surface area contributed by atoms with Crippen molar-refractivity contribution in [2.24, 2.45) is 0 Å². The van der Waals surface area contributed by atoms with E-state index in [-0.39, 0.29) is 18.1 Å². The predicted molar refractivity (Wildman–Crippen MR) is 66.1 cm³/mol. The van der Waals surface area contributed by atoms with Crippen molar-refractivity contribution in [3.63, 3.8) is 0 Å². The van der Waals surface area contributed by atoms with E-state index in [1.165, 1.54) is 4.68 Å². The zero-order valence-corrected chi connectivity index (χ0v) is 10.6. The molecule has 0 spiro atoms. The lowest BCUT2D eigenvalue weighted by Gasteiger charge is -2.11. The number of carbonyl (C=O) groups excluding carboxylic acids is 1. The summed E-state index contributed by atoms with van der Waals surface area (Å²) in [7, 11) is 0. The van der Waals surface area contributed by atoms with E-state index < -0.39 is 0 Å². The van der Waals surface area contributed by atoms with E-state index in [0.29, 0.717) is 25.5 Å². The van der Waals surface area contributed by atoms with Crippen LogP contribution in [0.15, 0.2) is 4.79 Å². The number of aromatic nitrogens is 3. The number of fused-ring (bicyclic) bond motifs is 1. The van der Waals surface area contributed by atoms with Crippen molar-refractivity contribution in [2.45, 2.75) is 39.4 Å². The highest BCUT2D eigenvalue weighted by molar-refractivity contribution is 5.75. The quantitative estimate of drug-likeness (QED) is 0.664. The molecule has 1 aromatic rings. The molecule has 2 heterocycles. The molecular formula is C11H19N5O2. The Morgan fingerprint density at radius 1 is 1.56 bits per heavy atom. The number of nitrogens with one attached hydrogen (secondary N) is 2. The maximum Gasteiger partial charge on any atom is 0.346 e. The van der Waals surface area contributed by atoms with Crippen LogP contribution in [0.4, 0.5) is 0 Å². The van der Waals surface area contributed by atoms with Gasteiger partial charge in [-0.3, -0.25) is 9.36 Å². The van der Waals surface area contributed by atoms with Crippen LogP contribution in [0, 0.1) is 0 Å². The first-order chi connectivity index (χ1) is 8.72. The highest BCUT2D eigenvalue weighted by Gasteiger charge is 2.17. The third kappa shape index (κ3) is 2.79. The molecule has 2 rings (SSSR count). The van der Waals surface area contributed by atoms with Crippen LogP contribution in [0.25, 0.3) is 0 Å². The SMILES string of the molecule is CCCCNC(=O)Cn1nc2n(c1=O)CCNC2. The number of rotatable bonds is 5. The molecule has 7 nitrogen and oxygen atoms in total. The first-order valence-electron chi connectivity index (χ1n) is 6.36.